The van der Waals surface area contributed by atoms with E-state index in [-0.39, 0.29) is 5.91 Å². The zero-order valence-electron chi connectivity index (χ0n) is 9.66. The maximum Gasteiger partial charge on any atom is 0.227 e. The first kappa shape index (κ1) is 11.2. The third-order valence-electron chi connectivity index (χ3n) is 2.98. The summed E-state index contributed by atoms with van der Waals surface area (Å²) in [5.41, 5.74) is 0.820. The number of carbonyl (C=O) groups is 1. The monoisotopic (exact) mass is 222 g/mol. The van der Waals surface area contributed by atoms with E-state index in [9.17, 15) is 4.79 Å². The van der Waals surface area contributed by atoms with Crippen molar-refractivity contribution in [1.82, 2.24) is 10.5 Å². The van der Waals surface area contributed by atoms with Crippen LogP contribution in [-0.2, 0) is 11.2 Å². The van der Waals surface area contributed by atoms with Crippen LogP contribution < -0.4 is 5.32 Å². The summed E-state index contributed by atoms with van der Waals surface area (Å²) in [4.78, 5) is 11.7. The Morgan fingerprint density at radius 3 is 2.88 bits per heavy atom. The van der Waals surface area contributed by atoms with Crippen LogP contribution in [0.25, 0.3) is 0 Å². The van der Waals surface area contributed by atoms with Crippen molar-refractivity contribution in [1.29, 1.82) is 0 Å². The van der Waals surface area contributed by atoms with Gasteiger partial charge in [0.05, 0.1) is 12.1 Å². The Labute approximate surface area is 95.4 Å². The summed E-state index contributed by atoms with van der Waals surface area (Å²) in [5.74, 6) is 0.689. The smallest absolute Gasteiger partial charge is 0.227 e. The average Bonchev–Trinajstić information content (AvgIpc) is 2.65. The Hall–Kier alpha value is -1.32. The molecule has 1 aromatic rings. The number of nitrogens with one attached hydrogen (secondary N) is 1. The van der Waals surface area contributed by atoms with Crippen LogP contribution in [-0.4, -0.2) is 17.1 Å². The van der Waals surface area contributed by atoms with E-state index in [4.69, 9.17) is 4.52 Å². The summed E-state index contributed by atoms with van der Waals surface area (Å²) in [6, 6.07) is 2.17. The summed E-state index contributed by atoms with van der Waals surface area (Å²) >= 11 is 0. The Morgan fingerprint density at radius 1 is 1.50 bits per heavy atom. The van der Waals surface area contributed by atoms with E-state index in [0.717, 1.165) is 18.5 Å². The number of aryl methyl sites for hydroxylation is 1. The second kappa shape index (κ2) is 5.14. The molecule has 88 valence electrons. The van der Waals surface area contributed by atoms with Gasteiger partial charge in [-0.05, 0) is 19.8 Å². The topological polar surface area (TPSA) is 55.1 Å². The first-order chi connectivity index (χ1) is 7.74. The molecular weight excluding hydrogens is 204 g/mol. The molecule has 0 saturated heterocycles. The molecule has 0 aliphatic heterocycles. The Kier molecular flexibility index (Phi) is 3.59. The van der Waals surface area contributed by atoms with Crippen LogP contribution in [0.5, 0.6) is 0 Å². The van der Waals surface area contributed by atoms with Gasteiger partial charge in [-0.25, -0.2) is 0 Å². The quantitative estimate of drug-likeness (QED) is 0.850. The lowest BCUT2D eigenvalue weighted by Gasteiger charge is -2.22. The Balaban J connectivity index is 1.79. The largest absolute Gasteiger partial charge is 0.361 e. The van der Waals surface area contributed by atoms with E-state index in [1.54, 1.807) is 6.07 Å². The molecule has 16 heavy (non-hydrogen) atoms. The van der Waals surface area contributed by atoms with E-state index in [0.29, 0.717) is 18.2 Å². The minimum atomic E-state index is 0.0445. The SMILES string of the molecule is Cc1cc(CC(=O)NC2CCCCC2)on1. The van der Waals surface area contributed by atoms with Crippen LogP contribution in [0.1, 0.15) is 43.6 Å². The number of aromatic nitrogens is 1. The van der Waals surface area contributed by atoms with E-state index < -0.39 is 0 Å². The minimum Gasteiger partial charge on any atom is -0.361 e. The van der Waals surface area contributed by atoms with Gasteiger partial charge in [-0.3, -0.25) is 4.79 Å². The van der Waals surface area contributed by atoms with Crippen LogP contribution in [0.2, 0.25) is 0 Å². The summed E-state index contributed by atoms with van der Waals surface area (Å²) in [7, 11) is 0. The molecule has 0 radical (unpaired) electrons. The highest BCUT2D eigenvalue weighted by atomic mass is 16.5. The molecule has 0 bridgehead atoms. The number of hydrogen-bond acceptors (Lipinski definition) is 3. The van der Waals surface area contributed by atoms with Crippen molar-refractivity contribution in [3.05, 3.63) is 17.5 Å². The molecule has 0 spiro atoms. The molecule has 1 fully saturated rings. The fourth-order valence-electron chi connectivity index (χ4n) is 2.18. The van der Waals surface area contributed by atoms with Crippen LogP contribution in [0, 0.1) is 6.92 Å². The van der Waals surface area contributed by atoms with Crippen molar-refractivity contribution >= 4 is 5.91 Å². The summed E-state index contributed by atoms with van der Waals surface area (Å²) in [5, 5.41) is 6.81. The molecule has 2 rings (SSSR count). The lowest BCUT2D eigenvalue weighted by Crippen LogP contribution is -2.37. The molecule has 1 amide bonds. The Morgan fingerprint density at radius 2 is 2.25 bits per heavy atom. The normalized spacial score (nSPS) is 17.3. The first-order valence-electron chi connectivity index (χ1n) is 5.95. The molecular formula is C12H18N2O2. The maximum absolute atomic E-state index is 11.7. The fourth-order valence-corrected chi connectivity index (χ4v) is 2.18. The van der Waals surface area contributed by atoms with Crippen molar-refractivity contribution in [3.8, 4) is 0 Å². The molecule has 1 aliphatic rings. The zero-order chi connectivity index (χ0) is 11.4. The fraction of sp³-hybridized carbons (Fsp3) is 0.667. The molecule has 1 heterocycles. The van der Waals surface area contributed by atoms with E-state index in [1.165, 1.54) is 19.3 Å². The van der Waals surface area contributed by atoms with Crippen molar-refractivity contribution in [3.63, 3.8) is 0 Å². The highest BCUT2D eigenvalue weighted by molar-refractivity contribution is 5.78. The maximum atomic E-state index is 11.7. The number of hydrogen-bond donors (Lipinski definition) is 1. The predicted molar refractivity (Wildman–Crippen MR) is 60.0 cm³/mol. The van der Waals surface area contributed by atoms with Gasteiger partial charge in [0.2, 0.25) is 5.91 Å². The third kappa shape index (κ3) is 3.08. The third-order valence-corrected chi connectivity index (χ3v) is 2.98. The van der Waals surface area contributed by atoms with Crippen LogP contribution >= 0.6 is 0 Å². The number of amides is 1. The van der Waals surface area contributed by atoms with Gasteiger partial charge in [-0.2, -0.15) is 0 Å². The lowest BCUT2D eigenvalue weighted by atomic mass is 9.95. The summed E-state index contributed by atoms with van der Waals surface area (Å²) < 4.78 is 5.01. The highest BCUT2D eigenvalue weighted by Crippen LogP contribution is 2.17. The zero-order valence-corrected chi connectivity index (χ0v) is 9.66. The summed E-state index contributed by atoms with van der Waals surface area (Å²) in [6.07, 6.45) is 6.28. The predicted octanol–water partition coefficient (Wildman–Crippen LogP) is 1.97. The van der Waals surface area contributed by atoms with Crippen molar-refractivity contribution in [2.45, 2.75) is 51.5 Å². The van der Waals surface area contributed by atoms with E-state index >= 15 is 0 Å². The van der Waals surface area contributed by atoms with Gasteiger partial charge < -0.3 is 9.84 Å². The summed E-state index contributed by atoms with van der Waals surface area (Å²) in [6.45, 7) is 1.85. The van der Waals surface area contributed by atoms with E-state index in [2.05, 4.69) is 10.5 Å². The minimum absolute atomic E-state index is 0.0445. The molecule has 1 saturated carbocycles. The van der Waals surface area contributed by atoms with Gasteiger partial charge in [0.15, 0.2) is 0 Å². The number of carbonyl (C=O) groups excluding carboxylic acids is 1. The standard InChI is InChI=1S/C12H18N2O2/c1-9-7-11(16-14-9)8-12(15)13-10-5-3-2-4-6-10/h7,10H,2-6,8H2,1H3,(H,13,15). The molecule has 0 atom stereocenters. The molecule has 1 N–H and O–H groups in total. The lowest BCUT2D eigenvalue weighted by molar-refractivity contribution is -0.121. The van der Waals surface area contributed by atoms with E-state index in [1.807, 2.05) is 6.92 Å². The molecule has 1 aromatic heterocycles. The van der Waals surface area contributed by atoms with Gasteiger partial charge in [0.25, 0.3) is 0 Å². The van der Waals surface area contributed by atoms with Crippen molar-refractivity contribution < 1.29 is 9.32 Å². The molecule has 0 unspecified atom stereocenters. The molecule has 1 aliphatic carbocycles. The van der Waals surface area contributed by atoms with Crippen LogP contribution in [0.3, 0.4) is 0 Å². The highest BCUT2D eigenvalue weighted by Gasteiger charge is 2.16. The average molecular weight is 222 g/mol. The van der Waals surface area contributed by atoms with Gasteiger partial charge in [-0.1, -0.05) is 24.4 Å². The molecule has 4 nitrogen and oxygen atoms in total. The first-order valence-corrected chi connectivity index (χ1v) is 5.95. The Bertz CT molecular complexity index is 354. The molecule has 0 aromatic carbocycles. The number of rotatable bonds is 3. The van der Waals surface area contributed by atoms with Crippen molar-refractivity contribution in [2.24, 2.45) is 0 Å². The second-order valence-corrected chi connectivity index (χ2v) is 4.51. The second-order valence-electron chi connectivity index (χ2n) is 4.51. The van der Waals surface area contributed by atoms with Gasteiger partial charge >= 0.3 is 0 Å². The van der Waals surface area contributed by atoms with Gasteiger partial charge in [0, 0.05) is 12.1 Å². The van der Waals surface area contributed by atoms with Crippen molar-refractivity contribution in [2.75, 3.05) is 0 Å². The van der Waals surface area contributed by atoms with Crippen LogP contribution in [0.4, 0.5) is 0 Å². The van der Waals surface area contributed by atoms with Crippen LogP contribution in [0.15, 0.2) is 10.6 Å². The van der Waals surface area contributed by atoms with Gasteiger partial charge in [-0.15, -0.1) is 0 Å². The van der Waals surface area contributed by atoms with Gasteiger partial charge in [0.1, 0.15) is 5.76 Å². The molecule has 4 heteroatoms. The number of nitrogens with zero attached hydrogens (tertiary/aromatic N) is 1.